The van der Waals surface area contributed by atoms with E-state index in [1.807, 2.05) is 13.8 Å². The van der Waals surface area contributed by atoms with Crippen LogP contribution in [0.5, 0.6) is 0 Å². The van der Waals surface area contributed by atoms with Crippen LogP contribution in [0.25, 0.3) is 11.1 Å². The molecule has 25 heavy (non-hydrogen) atoms. The third-order valence-electron chi connectivity index (χ3n) is 4.58. The number of hydrogen-bond donors (Lipinski definition) is 1. The second-order valence-corrected chi connectivity index (χ2v) is 8.14. The molecule has 1 aliphatic rings. The summed E-state index contributed by atoms with van der Waals surface area (Å²) in [5, 5.41) is 6.96. The Morgan fingerprint density at radius 1 is 1.32 bits per heavy atom. The number of nitrogens with one attached hydrogen (secondary N) is 1. The second kappa shape index (κ2) is 6.18. The number of aromatic nitrogens is 2. The van der Waals surface area contributed by atoms with Crippen LogP contribution >= 0.6 is 0 Å². The van der Waals surface area contributed by atoms with E-state index in [0.29, 0.717) is 45.8 Å². The maximum absolute atomic E-state index is 12.6. The molecule has 1 aliphatic heterocycles. The van der Waals surface area contributed by atoms with Gasteiger partial charge in [0.05, 0.1) is 21.9 Å². The number of aryl methyl sites for hydroxylation is 2. The monoisotopic (exact) mass is 363 g/mol. The van der Waals surface area contributed by atoms with Crippen LogP contribution in [0.2, 0.25) is 0 Å². The van der Waals surface area contributed by atoms with Gasteiger partial charge in [-0.2, -0.15) is 0 Å². The largest absolute Gasteiger partial charge is 0.399 e. The summed E-state index contributed by atoms with van der Waals surface area (Å²) in [6.45, 7) is 5.98. The van der Waals surface area contributed by atoms with Crippen LogP contribution < -0.4 is 5.56 Å². The molecule has 8 heteroatoms. The van der Waals surface area contributed by atoms with E-state index < -0.39 is 9.84 Å². The summed E-state index contributed by atoms with van der Waals surface area (Å²) in [7, 11) is -1.94. The highest BCUT2D eigenvalue weighted by atomic mass is 32.2. The number of fused-ring (bicyclic) bond motifs is 1. The standard InChI is InChI=1S/C17H21N3O4S/c1-5-20-17(21)13(9-18-20)12-8-10(2)16-15(11(12)3)14(19-24-4)6-7-25(16,22)23/h8-9,18H,5-7H2,1-4H3/b19-14+. The van der Waals surface area contributed by atoms with Gasteiger partial charge in [-0.1, -0.05) is 5.16 Å². The van der Waals surface area contributed by atoms with Gasteiger partial charge < -0.3 is 9.94 Å². The quantitative estimate of drug-likeness (QED) is 0.844. The zero-order valence-corrected chi connectivity index (χ0v) is 15.5. The molecule has 0 fully saturated rings. The van der Waals surface area contributed by atoms with Gasteiger partial charge in [0.1, 0.15) is 7.11 Å². The second-order valence-electron chi connectivity index (χ2n) is 6.10. The molecule has 0 radical (unpaired) electrons. The summed E-state index contributed by atoms with van der Waals surface area (Å²) in [6.07, 6.45) is 1.95. The van der Waals surface area contributed by atoms with Crippen molar-refractivity contribution in [2.45, 2.75) is 38.6 Å². The number of hydrogen-bond acceptors (Lipinski definition) is 5. The van der Waals surface area contributed by atoms with Crippen LogP contribution in [0.15, 0.2) is 27.1 Å². The van der Waals surface area contributed by atoms with Crippen LogP contribution in [-0.2, 0) is 21.2 Å². The van der Waals surface area contributed by atoms with E-state index in [1.165, 1.54) is 11.8 Å². The van der Waals surface area contributed by atoms with Crippen molar-refractivity contribution in [1.29, 1.82) is 0 Å². The molecule has 1 aromatic carbocycles. The molecule has 1 aromatic heterocycles. The van der Waals surface area contributed by atoms with Crippen molar-refractivity contribution in [1.82, 2.24) is 9.78 Å². The fourth-order valence-corrected chi connectivity index (χ4v) is 5.21. The van der Waals surface area contributed by atoms with E-state index in [9.17, 15) is 13.2 Å². The van der Waals surface area contributed by atoms with Gasteiger partial charge in [-0.05, 0) is 43.5 Å². The van der Waals surface area contributed by atoms with Gasteiger partial charge in [-0.15, -0.1) is 0 Å². The maximum atomic E-state index is 12.6. The van der Waals surface area contributed by atoms with Crippen LogP contribution in [0.3, 0.4) is 0 Å². The fraction of sp³-hybridized carbons (Fsp3) is 0.412. The summed E-state index contributed by atoms with van der Waals surface area (Å²) in [4.78, 5) is 17.7. The summed E-state index contributed by atoms with van der Waals surface area (Å²) in [5.74, 6) is 0.00855. The summed E-state index contributed by atoms with van der Waals surface area (Å²) in [6, 6.07) is 1.77. The number of H-pyrrole nitrogens is 1. The van der Waals surface area contributed by atoms with Crippen LogP contribution in [0.1, 0.15) is 30.0 Å². The predicted molar refractivity (Wildman–Crippen MR) is 95.9 cm³/mol. The van der Waals surface area contributed by atoms with Gasteiger partial charge in [0.2, 0.25) is 0 Å². The first-order valence-corrected chi connectivity index (χ1v) is 9.73. The number of oxime groups is 1. The lowest BCUT2D eigenvalue weighted by molar-refractivity contribution is 0.213. The van der Waals surface area contributed by atoms with E-state index in [0.717, 1.165) is 5.56 Å². The normalized spacial score (nSPS) is 17.5. The Hall–Kier alpha value is -2.35. The fourth-order valence-electron chi connectivity index (χ4n) is 3.42. The highest BCUT2D eigenvalue weighted by Gasteiger charge is 2.33. The third kappa shape index (κ3) is 2.70. The molecule has 0 spiro atoms. The van der Waals surface area contributed by atoms with Gasteiger partial charge in [0, 0.05) is 24.7 Å². The minimum atomic E-state index is -3.38. The van der Waals surface area contributed by atoms with Crippen molar-refractivity contribution >= 4 is 15.5 Å². The molecule has 2 aromatic rings. The van der Waals surface area contributed by atoms with Crippen LogP contribution in [0, 0.1) is 13.8 Å². The van der Waals surface area contributed by atoms with E-state index in [4.69, 9.17) is 4.84 Å². The molecule has 0 atom stereocenters. The van der Waals surface area contributed by atoms with Crippen molar-refractivity contribution in [3.63, 3.8) is 0 Å². The Balaban J connectivity index is 2.38. The van der Waals surface area contributed by atoms with Gasteiger partial charge >= 0.3 is 0 Å². The highest BCUT2D eigenvalue weighted by Crippen LogP contribution is 2.36. The third-order valence-corrected chi connectivity index (χ3v) is 6.47. The lowest BCUT2D eigenvalue weighted by Gasteiger charge is -2.23. The molecule has 0 saturated carbocycles. The van der Waals surface area contributed by atoms with Gasteiger partial charge in [-0.25, -0.2) is 8.42 Å². The average molecular weight is 363 g/mol. The van der Waals surface area contributed by atoms with Gasteiger partial charge in [-0.3, -0.25) is 9.48 Å². The molecule has 134 valence electrons. The van der Waals surface area contributed by atoms with Crippen molar-refractivity contribution in [2.24, 2.45) is 5.16 Å². The van der Waals surface area contributed by atoms with Gasteiger partial charge in [0.15, 0.2) is 9.84 Å². The van der Waals surface area contributed by atoms with Crippen molar-refractivity contribution < 1.29 is 13.3 Å². The predicted octanol–water partition coefficient (Wildman–Crippen LogP) is 2.01. The van der Waals surface area contributed by atoms with E-state index in [1.54, 1.807) is 19.2 Å². The zero-order valence-electron chi connectivity index (χ0n) is 14.7. The van der Waals surface area contributed by atoms with Gasteiger partial charge in [0.25, 0.3) is 5.56 Å². The number of rotatable bonds is 3. The molecule has 1 N–H and O–H groups in total. The number of benzene rings is 1. The number of aromatic amines is 1. The molecule has 2 heterocycles. The number of sulfone groups is 1. The van der Waals surface area contributed by atoms with E-state index in [-0.39, 0.29) is 11.3 Å². The van der Waals surface area contributed by atoms with Crippen LogP contribution in [0.4, 0.5) is 0 Å². The minimum Gasteiger partial charge on any atom is -0.399 e. The Morgan fingerprint density at radius 2 is 2.04 bits per heavy atom. The zero-order chi connectivity index (χ0) is 18.4. The molecule has 0 amide bonds. The Labute approximate surface area is 146 Å². The van der Waals surface area contributed by atoms with Crippen molar-refractivity contribution in [3.05, 3.63) is 39.3 Å². The van der Waals surface area contributed by atoms with Crippen LogP contribution in [-0.4, -0.2) is 36.8 Å². The SMILES string of the molecule is CCn1[nH]cc(-c2cc(C)c3c(c2C)/C(=N/OC)CCS3(=O)=O)c1=O. The number of nitrogens with zero attached hydrogens (tertiary/aromatic N) is 2. The highest BCUT2D eigenvalue weighted by molar-refractivity contribution is 7.91. The maximum Gasteiger partial charge on any atom is 0.274 e. The molecule has 7 nitrogen and oxygen atoms in total. The molecule has 0 saturated heterocycles. The minimum absolute atomic E-state index is 0.00855. The molecule has 0 unspecified atom stereocenters. The molecule has 0 bridgehead atoms. The molecular weight excluding hydrogens is 342 g/mol. The first kappa shape index (κ1) is 17.5. The van der Waals surface area contributed by atoms with E-state index >= 15 is 0 Å². The Kier molecular flexibility index (Phi) is 4.32. The summed E-state index contributed by atoms with van der Waals surface area (Å²) in [5.41, 5.74) is 3.60. The lowest BCUT2D eigenvalue weighted by atomic mass is 9.92. The average Bonchev–Trinajstić information content (AvgIpc) is 2.93. The topological polar surface area (TPSA) is 93.5 Å². The lowest BCUT2D eigenvalue weighted by Crippen LogP contribution is -2.25. The van der Waals surface area contributed by atoms with E-state index in [2.05, 4.69) is 10.3 Å². The summed E-state index contributed by atoms with van der Waals surface area (Å²) < 4.78 is 26.7. The summed E-state index contributed by atoms with van der Waals surface area (Å²) >= 11 is 0. The molecular formula is C17H21N3O4S. The Bertz CT molecular complexity index is 1030. The first-order valence-electron chi connectivity index (χ1n) is 8.07. The smallest absolute Gasteiger partial charge is 0.274 e. The van der Waals surface area contributed by atoms with Crippen molar-refractivity contribution in [2.75, 3.05) is 12.9 Å². The molecule has 3 rings (SSSR count). The molecule has 0 aliphatic carbocycles. The first-order chi connectivity index (χ1) is 11.8. The van der Waals surface area contributed by atoms with Crippen molar-refractivity contribution in [3.8, 4) is 11.1 Å². The Morgan fingerprint density at radius 3 is 2.64 bits per heavy atom.